The van der Waals surface area contributed by atoms with Gasteiger partial charge in [-0.25, -0.2) is 14.4 Å². The number of hydrogen-bond acceptors (Lipinski definition) is 5. The highest BCUT2D eigenvalue weighted by molar-refractivity contribution is 6.33. The van der Waals surface area contributed by atoms with Crippen LogP contribution in [0, 0.1) is 5.82 Å². The third kappa shape index (κ3) is 3.64. The Balaban J connectivity index is 1.42. The van der Waals surface area contributed by atoms with E-state index < -0.39 is 5.82 Å². The molecule has 0 atom stereocenters. The molecule has 38 heavy (non-hydrogen) atoms. The zero-order chi connectivity index (χ0) is 25.8. The maximum Gasteiger partial charge on any atom is 0.256 e. The van der Waals surface area contributed by atoms with Crippen LogP contribution in [0.15, 0.2) is 71.8 Å². The van der Waals surface area contributed by atoms with Gasteiger partial charge < -0.3 is 19.6 Å². The first-order valence-electron chi connectivity index (χ1n) is 12.3. The van der Waals surface area contributed by atoms with Crippen LogP contribution in [0.4, 0.5) is 10.2 Å². The van der Waals surface area contributed by atoms with Crippen molar-refractivity contribution in [2.24, 2.45) is 0 Å². The van der Waals surface area contributed by atoms with Crippen molar-refractivity contribution in [1.29, 1.82) is 0 Å². The summed E-state index contributed by atoms with van der Waals surface area (Å²) in [5.74, 6) is 0.750. The Kier molecular flexibility index (Phi) is 5.38. The summed E-state index contributed by atoms with van der Waals surface area (Å²) in [6.45, 7) is 3.03. The van der Waals surface area contributed by atoms with E-state index in [2.05, 4.69) is 19.9 Å². The third-order valence-corrected chi connectivity index (χ3v) is 7.41. The van der Waals surface area contributed by atoms with Crippen molar-refractivity contribution in [2.75, 3.05) is 31.2 Å². The molecule has 0 saturated carbocycles. The fourth-order valence-electron chi connectivity index (χ4n) is 5.23. The second-order valence-electron chi connectivity index (χ2n) is 9.27. The Bertz CT molecular complexity index is 1890. The highest BCUT2D eigenvalue weighted by Gasteiger charge is 2.19. The monoisotopic (exact) mass is 525 g/mol. The van der Waals surface area contributed by atoms with Crippen molar-refractivity contribution in [1.82, 2.24) is 19.9 Å². The molecule has 7 rings (SSSR count). The largest absolute Gasteiger partial charge is 0.378 e. The molecule has 1 fully saturated rings. The molecule has 0 unspecified atom stereocenters. The van der Waals surface area contributed by atoms with Gasteiger partial charge >= 0.3 is 0 Å². The number of pyridine rings is 2. The second-order valence-corrected chi connectivity index (χ2v) is 9.67. The van der Waals surface area contributed by atoms with E-state index in [0.29, 0.717) is 40.8 Å². The number of nitrogens with zero attached hydrogens (tertiary/aromatic N) is 3. The lowest BCUT2D eigenvalue weighted by molar-refractivity contribution is 0.122. The molecule has 0 radical (unpaired) electrons. The number of nitrogens with one attached hydrogen (secondary N) is 2. The van der Waals surface area contributed by atoms with Gasteiger partial charge in [-0.3, -0.25) is 4.79 Å². The number of halogens is 2. The van der Waals surface area contributed by atoms with E-state index in [-0.39, 0.29) is 16.1 Å². The molecule has 0 amide bonds. The first kappa shape index (κ1) is 22.9. The van der Waals surface area contributed by atoms with Gasteiger partial charge in [0, 0.05) is 41.8 Å². The summed E-state index contributed by atoms with van der Waals surface area (Å²) < 4.78 is 20.2. The molecule has 0 aliphatic carbocycles. The standard InChI is InChI=1S/C29H21ClFN5O2/c30-21-2-1-3-22(31)25(21)28-34-26-18-6-4-16(17-5-7-23(33-15-17)36-10-12-38-13-11-36)14-20(18)24-19(27(26)35-28)8-9-32-29(24)37/h1-9,14-15H,10-13H2,(H,32,37)(H,34,35). The van der Waals surface area contributed by atoms with Gasteiger partial charge in [0.1, 0.15) is 17.5 Å². The number of hydrogen-bond donors (Lipinski definition) is 2. The molecule has 0 bridgehead atoms. The normalized spacial score (nSPS) is 14.1. The van der Waals surface area contributed by atoms with Crippen LogP contribution in [-0.2, 0) is 4.74 Å². The van der Waals surface area contributed by atoms with Gasteiger partial charge in [0.2, 0.25) is 0 Å². The van der Waals surface area contributed by atoms with Crippen molar-refractivity contribution in [3.05, 3.63) is 88.2 Å². The van der Waals surface area contributed by atoms with Gasteiger partial charge in [-0.2, -0.15) is 0 Å². The molecular weight excluding hydrogens is 505 g/mol. The van der Waals surface area contributed by atoms with Gasteiger partial charge in [0.25, 0.3) is 5.56 Å². The Morgan fingerprint density at radius 2 is 1.82 bits per heavy atom. The predicted molar refractivity (Wildman–Crippen MR) is 148 cm³/mol. The highest BCUT2D eigenvalue weighted by Crippen LogP contribution is 2.37. The van der Waals surface area contributed by atoms with Crippen LogP contribution in [0.1, 0.15) is 0 Å². The number of fused-ring (bicyclic) bond motifs is 6. The van der Waals surface area contributed by atoms with Crippen molar-refractivity contribution >= 4 is 50.0 Å². The van der Waals surface area contributed by atoms with Crippen LogP contribution < -0.4 is 10.5 Å². The first-order valence-corrected chi connectivity index (χ1v) is 12.7. The number of imidazole rings is 1. The molecule has 1 saturated heterocycles. The maximum atomic E-state index is 14.7. The average Bonchev–Trinajstić information content (AvgIpc) is 3.39. The predicted octanol–water partition coefficient (Wildman–Crippen LogP) is 5.92. The lowest BCUT2D eigenvalue weighted by atomic mass is 9.97. The third-order valence-electron chi connectivity index (χ3n) is 7.09. The number of aromatic nitrogens is 4. The smallest absolute Gasteiger partial charge is 0.256 e. The second kappa shape index (κ2) is 8.93. The van der Waals surface area contributed by atoms with Crippen molar-refractivity contribution < 1.29 is 9.13 Å². The molecule has 7 nitrogen and oxygen atoms in total. The number of morpholine rings is 1. The summed E-state index contributed by atoms with van der Waals surface area (Å²) >= 11 is 6.33. The molecule has 1 aliphatic rings. The van der Waals surface area contributed by atoms with Gasteiger partial charge in [-0.15, -0.1) is 0 Å². The molecule has 3 aromatic carbocycles. The summed E-state index contributed by atoms with van der Waals surface area (Å²) in [6, 6.07) is 16.3. The number of aromatic amines is 2. The lowest BCUT2D eigenvalue weighted by Crippen LogP contribution is -2.36. The van der Waals surface area contributed by atoms with Crippen molar-refractivity contribution in [3.8, 4) is 22.5 Å². The Hall–Kier alpha value is -4.27. The molecule has 188 valence electrons. The van der Waals surface area contributed by atoms with E-state index in [1.54, 1.807) is 18.3 Å². The summed E-state index contributed by atoms with van der Waals surface area (Å²) in [7, 11) is 0. The number of H-pyrrole nitrogens is 2. The van der Waals surface area contributed by atoms with Crippen LogP contribution in [-0.4, -0.2) is 46.2 Å². The fraction of sp³-hybridized carbons (Fsp3) is 0.138. The molecule has 6 aromatic rings. The van der Waals surface area contributed by atoms with Gasteiger partial charge in [0.15, 0.2) is 0 Å². The van der Waals surface area contributed by atoms with E-state index in [0.717, 1.165) is 40.8 Å². The molecule has 4 heterocycles. The molecular formula is C29H21ClFN5O2. The summed E-state index contributed by atoms with van der Waals surface area (Å²) in [6.07, 6.45) is 3.45. The molecule has 2 N–H and O–H groups in total. The average molecular weight is 526 g/mol. The van der Waals surface area contributed by atoms with E-state index >= 15 is 0 Å². The Morgan fingerprint density at radius 1 is 0.974 bits per heavy atom. The summed E-state index contributed by atoms with van der Waals surface area (Å²) in [5, 5.41) is 3.01. The molecule has 3 aromatic heterocycles. The van der Waals surface area contributed by atoms with Crippen LogP contribution in [0.2, 0.25) is 5.02 Å². The van der Waals surface area contributed by atoms with E-state index in [1.807, 2.05) is 42.6 Å². The number of anilines is 1. The van der Waals surface area contributed by atoms with Crippen LogP contribution >= 0.6 is 11.6 Å². The van der Waals surface area contributed by atoms with E-state index in [4.69, 9.17) is 21.3 Å². The van der Waals surface area contributed by atoms with E-state index in [1.165, 1.54) is 6.07 Å². The molecule has 0 spiro atoms. The van der Waals surface area contributed by atoms with Gasteiger partial charge in [-0.1, -0.05) is 29.8 Å². The minimum absolute atomic E-state index is 0.194. The van der Waals surface area contributed by atoms with E-state index in [9.17, 15) is 9.18 Å². The number of rotatable bonds is 3. The minimum Gasteiger partial charge on any atom is -0.378 e. The zero-order valence-corrected chi connectivity index (χ0v) is 20.8. The minimum atomic E-state index is -0.474. The first-order chi connectivity index (χ1) is 18.6. The van der Waals surface area contributed by atoms with Crippen molar-refractivity contribution in [3.63, 3.8) is 0 Å². The van der Waals surface area contributed by atoms with Crippen molar-refractivity contribution in [2.45, 2.75) is 0 Å². The highest BCUT2D eigenvalue weighted by atomic mass is 35.5. The topological polar surface area (TPSA) is 86.9 Å². The summed E-state index contributed by atoms with van der Waals surface area (Å²) in [4.78, 5) is 30.7. The van der Waals surface area contributed by atoms with Crippen LogP contribution in [0.3, 0.4) is 0 Å². The molecule has 1 aliphatic heterocycles. The Morgan fingerprint density at radius 3 is 2.61 bits per heavy atom. The molecule has 9 heteroatoms. The maximum absolute atomic E-state index is 14.7. The lowest BCUT2D eigenvalue weighted by Gasteiger charge is -2.27. The Labute approximate surface area is 220 Å². The van der Waals surface area contributed by atoms with Crippen LogP contribution in [0.5, 0.6) is 0 Å². The fourth-order valence-corrected chi connectivity index (χ4v) is 5.49. The van der Waals surface area contributed by atoms with Gasteiger partial charge in [0.05, 0.1) is 40.2 Å². The van der Waals surface area contributed by atoms with Crippen LogP contribution in [0.25, 0.3) is 55.1 Å². The number of benzene rings is 3. The number of ether oxygens (including phenoxy) is 1. The van der Waals surface area contributed by atoms with Gasteiger partial charge in [-0.05, 0) is 47.3 Å². The SMILES string of the molecule is O=c1[nH]ccc2c3[nH]c(-c4c(F)cccc4Cl)nc3c3ccc(-c4ccc(N5CCOCC5)nc4)cc3c12. The quantitative estimate of drug-likeness (QED) is 0.280. The summed E-state index contributed by atoms with van der Waals surface area (Å²) in [5.41, 5.74) is 3.13. The zero-order valence-electron chi connectivity index (χ0n) is 20.1.